The third-order valence-corrected chi connectivity index (χ3v) is 6.53. The fraction of sp³-hybridized carbons (Fsp3) is 0.333. The maximum absolute atomic E-state index is 12.5. The molecule has 1 saturated heterocycles. The normalized spacial score (nSPS) is 16.3. The van der Waals surface area contributed by atoms with Crippen LogP contribution in [0.4, 0.5) is 5.13 Å². The fourth-order valence-corrected chi connectivity index (χ4v) is 4.69. The van der Waals surface area contributed by atoms with E-state index in [0.29, 0.717) is 18.5 Å². The number of hydrogen-bond acceptors (Lipinski definition) is 7. The zero-order valence-electron chi connectivity index (χ0n) is 18.0. The van der Waals surface area contributed by atoms with Crippen LogP contribution in [-0.2, 0) is 11.3 Å². The van der Waals surface area contributed by atoms with Crippen molar-refractivity contribution in [1.29, 1.82) is 0 Å². The molecule has 7 nitrogen and oxygen atoms in total. The van der Waals surface area contributed by atoms with Crippen LogP contribution in [0.1, 0.15) is 11.1 Å². The van der Waals surface area contributed by atoms with Gasteiger partial charge in [0.15, 0.2) is 16.6 Å². The Morgan fingerprint density at radius 1 is 1.03 bits per heavy atom. The minimum Gasteiger partial charge on any atom is -0.454 e. The van der Waals surface area contributed by atoms with Gasteiger partial charge in [0.05, 0.1) is 12.2 Å². The van der Waals surface area contributed by atoms with Crippen molar-refractivity contribution >= 4 is 22.4 Å². The number of amides is 1. The molecule has 0 bridgehead atoms. The highest BCUT2D eigenvalue weighted by Gasteiger charge is 2.21. The molecule has 0 radical (unpaired) electrons. The van der Waals surface area contributed by atoms with Gasteiger partial charge in [0.25, 0.3) is 0 Å². The van der Waals surface area contributed by atoms with E-state index in [2.05, 4.69) is 63.4 Å². The van der Waals surface area contributed by atoms with Crippen LogP contribution in [0.5, 0.6) is 11.5 Å². The van der Waals surface area contributed by atoms with Crippen molar-refractivity contribution in [3.8, 4) is 22.8 Å². The smallest absolute Gasteiger partial charge is 0.240 e. The number of nitrogens with one attached hydrogen (secondary N) is 1. The van der Waals surface area contributed by atoms with E-state index in [4.69, 9.17) is 9.47 Å². The number of benzene rings is 2. The van der Waals surface area contributed by atoms with Gasteiger partial charge in [0.1, 0.15) is 0 Å². The first-order valence-corrected chi connectivity index (χ1v) is 11.7. The Balaban J connectivity index is 1.08. The van der Waals surface area contributed by atoms with E-state index in [1.807, 2.05) is 11.4 Å². The van der Waals surface area contributed by atoms with Crippen molar-refractivity contribution in [3.63, 3.8) is 0 Å². The van der Waals surface area contributed by atoms with Crippen LogP contribution in [0.25, 0.3) is 11.3 Å². The number of aryl methyl sites for hydroxylation is 1. The van der Waals surface area contributed by atoms with Gasteiger partial charge in [-0.05, 0) is 24.6 Å². The first-order valence-electron chi connectivity index (χ1n) is 10.8. The number of hydrogen-bond donors (Lipinski definition) is 1. The first kappa shape index (κ1) is 20.9. The Morgan fingerprint density at radius 2 is 1.78 bits per heavy atom. The summed E-state index contributed by atoms with van der Waals surface area (Å²) in [5.74, 6) is 1.63. The number of aromatic nitrogens is 1. The Bertz CT molecular complexity index is 1090. The van der Waals surface area contributed by atoms with Gasteiger partial charge in [-0.1, -0.05) is 35.9 Å². The van der Waals surface area contributed by atoms with Crippen molar-refractivity contribution in [2.45, 2.75) is 13.5 Å². The van der Waals surface area contributed by atoms with Gasteiger partial charge in [-0.2, -0.15) is 0 Å². The molecule has 1 N–H and O–H groups in total. The van der Waals surface area contributed by atoms with Crippen LogP contribution < -0.4 is 14.8 Å². The Morgan fingerprint density at radius 3 is 2.59 bits per heavy atom. The molecule has 2 aromatic carbocycles. The summed E-state index contributed by atoms with van der Waals surface area (Å²) >= 11 is 1.46. The maximum atomic E-state index is 12.5. The molecule has 166 valence electrons. The number of thiazole rings is 1. The topological polar surface area (TPSA) is 66.9 Å². The SMILES string of the molecule is Cc1ccc(-c2csc(NC(=O)CN3CCN(Cc4ccc5c(c4)OCO5)CC3)n2)cc1. The third kappa shape index (κ3) is 4.93. The van der Waals surface area contributed by atoms with E-state index < -0.39 is 0 Å². The number of nitrogens with zero attached hydrogens (tertiary/aromatic N) is 3. The number of piperazine rings is 1. The van der Waals surface area contributed by atoms with E-state index in [-0.39, 0.29) is 5.91 Å². The summed E-state index contributed by atoms with van der Waals surface area (Å²) < 4.78 is 10.9. The second-order valence-corrected chi connectivity index (χ2v) is 9.05. The number of ether oxygens (including phenoxy) is 2. The van der Waals surface area contributed by atoms with Crippen LogP contribution in [0.2, 0.25) is 0 Å². The molecule has 0 unspecified atom stereocenters. The van der Waals surface area contributed by atoms with E-state index in [0.717, 1.165) is 55.5 Å². The lowest BCUT2D eigenvalue weighted by Gasteiger charge is -2.34. The van der Waals surface area contributed by atoms with Crippen LogP contribution in [0, 0.1) is 6.92 Å². The highest BCUT2D eigenvalue weighted by atomic mass is 32.1. The first-order chi connectivity index (χ1) is 15.6. The minimum atomic E-state index is -0.0148. The van der Waals surface area contributed by atoms with Gasteiger partial charge in [-0.3, -0.25) is 14.6 Å². The molecule has 3 aromatic rings. The predicted molar refractivity (Wildman–Crippen MR) is 125 cm³/mol. The summed E-state index contributed by atoms with van der Waals surface area (Å²) in [7, 11) is 0. The highest BCUT2D eigenvalue weighted by molar-refractivity contribution is 7.14. The Labute approximate surface area is 191 Å². The maximum Gasteiger partial charge on any atom is 0.240 e. The van der Waals surface area contributed by atoms with Gasteiger partial charge in [-0.15, -0.1) is 11.3 Å². The van der Waals surface area contributed by atoms with Gasteiger partial charge in [-0.25, -0.2) is 4.98 Å². The fourth-order valence-electron chi connectivity index (χ4n) is 3.95. The molecule has 2 aliphatic rings. The van der Waals surface area contributed by atoms with Crippen molar-refractivity contribution < 1.29 is 14.3 Å². The van der Waals surface area contributed by atoms with Crippen LogP contribution in [-0.4, -0.2) is 60.2 Å². The molecular weight excluding hydrogens is 424 g/mol. The lowest BCUT2D eigenvalue weighted by molar-refractivity contribution is -0.117. The molecule has 1 aromatic heterocycles. The molecule has 0 atom stereocenters. The lowest BCUT2D eigenvalue weighted by Crippen LogP contribution is -2.48. The molecule has 5 rings (SSSR count). The molecule has 2 aliphatic heterocycles. The standard InChI is InChI=1S/C24H26N4O3S/c1-17-2-5-19(6-3-17)20-15-32-24(25-20)26-23(29)14-28-10-8-27(9-11-28)13-18-4-7-21-22(12-18)31-16-30-21/h2-7,12,15H,8-11,13-14,16H2,1H3,(H,25,26,29). The quantitative estimate of drug-likeness (QED) is 0.619. The van der Waals surface area contributed by atoms with E-state index >= 15 is 0 Å². The summed E-state index contributed by atoms with van der Waals surface area (Å²) in [5.41, 5.74) is 4.38. The van der Waals surface area contributed by atoms with Gasteiger partial charge in [0, 0.05) is 43.7 Å². The molecule has 1 fully saturated rings. The van der Waals surface area contributed by atoms with Crippen LogP contribution in [0.3, 0.4) is 0 Å². The molecular formula is C24H26N4O3S. The van der Waals surface area contributed by atoms with Crippen molar-refractivity contribution in [1.82, 2.24) is 14.8 Å². The third-order valence-electron chi connectivity index (χ3n) is 5.77. The number of rotatable bonds is 6. The van der Waals surface area contributed by atoms with Crippen molar-refractivity contribution in [2.75, 3.05) is 44.8 Å². The monoisotopic (exact) mass is 450 g/mol. The largest absolute Gasteiger partial charge is 0.454 e. The zero-order chi connectivity index (χ0) is 21.9. The van der Waals surface area contributed by atoms with Crippen molar-refractivity contribution in [2.24, 2.45) is 0 Å². The summed E-state index contributed by atoms with van der Waals surface area (Å²) in [6, 6.07) is 14.4. The van der Waals surface area contributed by atoms with Gasteiger partial charge in [0.2, 0.25) is 12.7 Å². The second kappa shape index (κ2) is 9.28. The van der Waals surface area contributed by atoms with Gasteiger partial charge < -0.3 is 14.8 Å². The van der Waals surface area contributed by atoms with E-state index in [9.17, 15) is 4.79 Å². The molecule has 8 heteroatoms. The van der Waals surface area contributed by atoms with Crippen LogP contribution in [0.15, 0.2) is 47.8 Å². The average molecular weight is 451 g/mol. The van der Waals surface area contributed by atoms with Crippen LogP contribution >= 0.6 is 11.3 Å². The summed E-state index contributed by atoms with van der Waals surface area (Å²) in [6.45, 7) is 7.21. The molecule has 0 spiro atoms. The summed E-state index contributed by atoms with van der Waals surface area (Å²) in [5, 5.41) is 5.58. The number of anilines is 1. The molecule has 1 amide bonds. The molecule has 0 saturated carbocycles. The minimum absolute atomic E-state index is 0.0148. The molecule has 3 heterocycles. The summed E-state index contributed by atoms with van der Waals surface area (Å²) in [6.07, 6.45) is 0. The Kier molecular flexibility index (Phi) is 6.07. The predicted octanol–water partition coefficient (Wildman–Crippen LogP) is 3.60. The zero-order valence-corrected chi connectivity index (χ0v) is 18.9. The second-order valence-electron chi connectivity index (χ2n) is 8.19. The summed E-state index contributed by atoms with van der Waals surface area (Å²) in [4.78, 5) is 21.7. The number of carbonyl (C=O) groups is 1. The van der Waals surface area contributed by atoms with Gasteiger partial charge >= 0.3 is 0 Å². The molecule has 32 heavy (non-hydrogen) atoms. The highest BCUT2D eigenvalue weighted by Crippen LogP contribution is 2.33. The average Bonchev–Trinajstić information content (AvgIpc) is 3.45. The molecule has 0 aliphatic carbocycles. The van der Waals surface area contributed by atoms with Crippen molar-refractivity contribution in [3.05, 3.63) is 59.0 Å². The van der Waals surface area contributed by atoms with E-state index in [1.54, 1.807) is 0 Å². The number of carbonyl (C=O) groups excluding carboxylic acids is 1. The Hall–Kier alpha value is -2.94. The van der Waals surface area contributed by atoms with E-state index in [1.165, 1.54) is 22.5 Å². The lowest BCUT2D eigenvalue weighted by atomic mass is 10.1. The number of fused-ring (bicyclic) bond motifs is 1.